The number of anilines is 1. The average Bonchev–Trinajstić information content (AvgIpc) is 3.24. The Hall–Kier alpha value is -3.86. The van der Waals surface area contributed by atoms with E-state index < -0.39 is 0 Å². The van der Waals surface area contributed by atoms with E-state index in [4.69, 9.17) is 9.84 Å². The van der Waals surface area contributed by atoms with Crippen LogP contribution in [0.1, 0.15) is 24.8 Å². The standard InChI is InChI=1S/C26H25N3O2/c1-3-23(19-10-6-4-7-11-19)26(30)27-25-18-24(20-12-8-5-9-13-20)28-29(25)21-14-16-22(31-2)17-15-21/h4-18,23H,3H2,1-2H3,(H,27,30)/t23-/m0/s1. The van der Waals surface area contributed by atoms with Gasteiger partial charge in [-0.15, -0.1) is 0 Å². The van der Waals surface area contributed by atoms with Gasteiger partial charge in [0.15, 0.2) is 0 Å². The van der Waals surface area contributed by atoms with Gasteiger partial charge in [0.05, 0.1) is 24.4 Å². The summed E-state index contributed by atoms with van der Waals surface area (Å²) in [4.78, 5) is 13.2. The number of rotatable bonds is 7. The van der Waals surface area contributed by atoms with Gasteiger partial charge >= 0.3 is 0 Å². The molecule has 1 N–H and O–H groups in total. The monoisotopic (exact) mass is 411 g/mol. The molecule has 0 saturated heterocycles. The number of nitrogens with one attached hydrogen (secondary N) is 1. The van der Waals surface area contributed by atoms with Gasteiger partial charge in [0, 0.05) is 11.6 Å². The fraction of sp³-hybridized carbons (Fsp3) is 0.154. The fourth-order valence-corrected chi connectivity index (χ4v) is 3.61. The summed E-state index contributed by atoms with van der Waals surface area (Å²) in [7, 11) is 1.64. The van der Waals surface area contributed by atoms with Gasteiger partial charge < -0.3 is 10.1 Å². The first-order valence-electron chi connectivity index (χ1n) is 10.4. The molecule has 0 aliphatic rings. The fourth-order valence-electron chi connectivity index (χ4n) is 3.61. The summed E-state index contributed by atoms with van der Waals surface area (Å²) in [5, 5.41) is 7.89. The van der Waals surface area contributed by atoms with E-state index in [1.165, 1.54) is 0 Å². The lowest BCUT2D eigenvalue weighted by Crippen LogP contribution is -2.22. The Morgan fingerprint density at radius 1 is 0.968 bits per heavy atom. The highest BCUT2D eigenvalue weighted by Crippen LogP contribution is 2.28. The number of carbonyl (C=O) groups is 1. The highest BCUT2D eigenvalue weighted by Gasteiger charge is 2.21. The molecule has 1 atom stereocenters. The minimum atomic E-state index is -0.236. The van der Waals surface area contributed by atoms with Gasteiger partial charge in [-0.3, -0.25) is 4.79 Å². The second-order valence-electron chi connectivity index (χ2n) is 7.25. The number of hydrogen-bond donors (Lipinski definition) is 1. The molecule has 3 aromatic carbocycles. The van der Waals surface area contributed by atoms with Crippen molar-refractivity contribution < 1.29 is 9.53 Å². The zero-order chi connectivity index (χ0) is 21.6. The molecular formula is C26H25N3O2. The number of nitrogens with zero attached hydrogens (tertiary/aromatic N) is 2. The van der Waals surface area contributed by atoms with Crippen molar-refractivity contribution in [2.45, 2.75) is 19.3 Å². The zero-order valence-corrected chi connectivity index (χ0v) is 17.7. The molecule has 5 heteroatoms. The summed E-state index contributed by atoms with van der Waals surface area (Å²) >= 11 is 0. The predicted molar refractivity (Wildman–Crippen MR) is 124 cm³/mol. The van der Waals surface area contributed by atoms with Crippen LogP contribution in [0, 0.1) is 0 Å². The van der Waals surface area contributed by atoms with Crippen molar-refractivity contribution in [3.63, 3.8) is 0 Å². The third kappa shape index (κ3) is 4.51. The summed E-state index contributed by atoms with van der Waals surface area (Å²) < 4.78 is 7.03. The number of carbonyl (C=O) groups excluding carboxylic acids is 1. The van der Waals surface area contributed by atoms with Crippen molar-refractivity contribution >= 4 is 11.7 Å². The van der Waals surface area contributed by atoms with Crippen molar-refractivity contribution in [2.75, 3.05) is 12.4 Å². The summed E-state index contributed by atoms with van der Waals surface area (Å²) in [6.45, 7) is 2.02. The summed E-state index contributed by atoms with van der Waals surface area (Å²) in [6, 6.07) is 29.3. The van der Waals surface area contributed by atoms with Crippen LogP contribution in [0.2, 0.25) is 0 Å². The molecule has 0 spiro atoms. The molecule has 0 saturated carbocycles. The predicted octanol–water partition coefficient (Wildman–Crippen LogP) is 5.68. The molecule has 31 heavy (non-hydrogen) atoms. The highest BCUT2D eigenvalue weighted by atomic mass is 16.5. The molecule has 5 nitrogen and oxygen atoms in total. The molecule has 0 unspecified atom stereocenters. The number of amides is 1. The molecule has 0 bridgehead atoms. The van der Waals surface area contributed by atoms with Crippen LogP contribution in [0.15, 0.2) is 91.0 Å². The minimum Gasteiger partial charge on any atom is -0.497 e. The Balaban J connectivity index is 1.71. The van der Waals surface area contributed by atoms with Crippen LogP contribution in [-0.4, -0.2) is 22.8 Å². The van der Waals surface area contributed by atoms with Crippen molar-refractivity contribution in [1.82, 2.24) is 9.78 Å². The Morgan fingerprint density at radius 3 is 2.23 bits per heavy atom. The maximum absolute atomic E-state index is 13.2. The van der Waals surface area contributed by atoms with Gasteiger partial charge in [-0.2, -0.15) is 5.10 Å². The molecule has 156 valence electrons. The van der Waals surface area contributed by atoms with E-state index in [0.717, 1.165) is 28.3 Å². The molecule has 0 radical (unpaired) electrons. The lowest BCUT2D eigenvalue weighted by molar-refractivity contribution is -0.117. The van der Waals surface area contributed by atoms with E-state index >= 15 is 0 Å². The molecule has 0 fully saturated rings. The van der Waals surface area contributed by atoms with E-state index in [1.807, 2.05) is 97.9 Å². The third-order valence-corrected chi connectivity index (χ3v) is 5.27. The average molecular weight is 412 g/mol. The second-order valence-corrected chi connectivity index (χ2v) is 7.25. The van der Waals surface area contributed by atoms with Crippen LogP contribution in [0.25, 0.3) is 16.9 Å². The normalized spacial score (nSPS) is 11.7. The Bertz CT molecular complexity index is 1140. The summed E-state index contributed by atoms with van der Waals surface area (Å²) in [5.41, 5.74) is 3.62. The molecular weight excluding hydrogens is 386 g/mol. The van der Waals surface area contributed by atoms with Gasteiger partial charge in [0.25, 0.3) is 0 Å². The van der Waals surface area contributed by atoms with E-state index in [9.17, 15) is 4.79 Å². The highest BCUT2D eigenvalue weighted by molar-refractivity contribution is 5.95. The molecule has 0 aliphatic carbocycles. The first kappa shape index (κ1) is 20.4. The number of methoxy groups -OCH3 is 1. The van der Waals surface area contributed by atoms with Crippen LogP contribution < -0.4 is 10.1 Å². The van der Waals surface area contributed by atoms with Crippen LogP contribution >= 0.6 is 0 Å². The summed E-state index contributed by atoms with van der Waals surface area (Å²) in [5.74, 6) is 1.10. The number of benzene rings is 3. The van der Waals surface area contributed by atoms with Crippen molar-refractivity contribution in [1.29, 1.82) is 0 Å². The SMILES string of the molecule is CC[C@H](C(=O)Nc1cc(-c2ccccc2)nn1-c1ccc(OC)cc1)c1ccccc1. The summed E-state index contributed by atoms with van der Waals surface area (Å²) in [6.07, 6.45) is 0.706. The van der Waals surface area contributed by atoms with Crippen LogP contribution in [0.4, 0.5) is 5.82 Å². The maximum atomic E-state index is 13.2. The molecule has 4 rings (SSSR count). The van der Waals surface area contributed by atoms with Crippen LogP contribution in [-0.2, 0) is 4.79 Å². The topological polar surface area (TPSA) is 56.2 Å². The van der Waals surface area contributed by atoms with Gasteiger partial charge in [0.1, 0.15) is 11.6 Å². The quantitative estimate of drug-likeness (QED) is 0.426. The zero-order valence-electron chi connectivity index (χ0n) is 17.7. The molecule has 1 heterocycles. The molecule has 4 aromatic rings. The van der Waals surface area contributed by atoms with Crippen LogP contribution in [0.3, 0.4) is 0 Å². The van der Waals surface area contributed by atoms with E-state index in [0.29, 0.717) is 12.2 Å². The molecule has 1 aromatic heterocycles. The smallest absolute Gasteiger partial charge is 0.233 e. The Morgan fingerprint density at radius 2 is 1.61 bits per heavy atom. The third-order valence-electron chi connectivity index (χ3n) is 5.27. The van der Waals surface area contributed by atoms with E-state index in [1.54, 1.807) is 11.8 Å². The van der Waals surface area contributed by atoms with Crippen molar-refractivity contribution in [3.05, 3.63) is 96.6 Å². The second kappa shape index (κ2) is 9.30. The number of ether oxygens (including phenoxy) is 1. The van der Waals surface area contributed by atoms with Gasteiger partial charge in [-0.25, -0.2) is 4.68 Å². The van der Waals surface area contributed by atoms with Gasteiger partial charge in [-0.05, 0) is 36.2 Å². The van der Waals surface area contributed by atoms with Gasteiger partial charge in [0.2, 0.25) is 5.91 Å². The minimum absolute atomic E-state index is 0.0528. The first-order valence-corrected chi connectivity index (χ1v) is 10.4. The molecule has 0 aliphatic heterocycles. The van der Waals surface area contributed by atoms with Crippen molar-refractivity contribution in [2.24, 2.45) is 0 Å². The Kier molecular flexibility index (Phi) is 6.13. The lowest BCUT2D eigenvalue weighted by Gasteiger charge is -2.16. The van der Waals surface area contributed by atoms with Gasteiger partial charge in [-0.1, -0.05) is 67.6 Å². The number of aromatic nitrogens is 2. The van der Waals surface area contributed by atoms with Crippen LogP contribution in [0.5, 0.6) is 5.75 Å². The first-order chi connectivity index (χ1) is 15.2. The lowest BCUT2D eigenvalue weighted by atomic mass is 9.96. The largest absolute Gasteiger partial charge is 0.497 e. The maximum Gasteiger partial charge on any atom is 0.233 e. The Labute approximate surface area is 182 Å². The van der Waals surface area contributed by atoms with E-state index in [-0.39, 0.29) is 11.8 Å². The van der Waals surface area contributed by atoms with Crippen molar-refractivity contribution in [3.8, 4) is 22.7 Å². The molecule has 1 amide bonds. The van der Waals surface area contributed by atoms with E-state index in [2.05, 4.69) is 5.32 Å². The number of hydrogen-bond acceptors (Lipinski definition) is 3.